The molecule has 0 aromatic heterocycles. The van der Waals surface area contributed by atoms with E-state index in [-0.39, 0.29) is 0 Å². The SMILES string of the molecule is [B]1c2ccccc2N(c2ccccc2)c2cc(N(c3ccccc3)c3ccccc3)cc(-c3cccc4c3Nc3ccccc3O4)c21. The third kappa shape index (κ3) is 4.72. The molecular formula is C42H29BN3O. The van der Waals surface area contributed by atoms with Gasteiger partial charge in [-0.1, -0.05) is 103 Å². The fourth-order valence-corrected chi connectivity index (χ4v) is 6.75. The third-order valence-electron chi connectivity index (χ3n) is 8.85. The lowest BCUT2D eigenvalue weighted by atomic mass is 9.58. The van der Waals surface area contributed by atoms with Gasteiger partial charge in [0.05, 0.1) is 11.4 Å². The monoisotopic (exact) mass is 602 g/mol. The molecule has 5 heteroatoms. The number of hydrogen-bond donors (Lipinski definition) is 1. The van der Waals surface area contributed by atoms with E-state index in [1.807, 2.05) is 24.3 Å². The largest absolute Gasteiger partial charge is 0.453 e. The molecule has 1 N–H and O–H groups in total. The van der Waals surface area contributed by atoms with E-state index in [1.54, 1.807) is 0 Å². The predicted molar refractivity (Wildman–Crippen MR) is 196 cm³/mol. The zero-order chi connectivity index (χ0) is 31.2. The van der Waals surface area contributed by atoms with Gasteiger partial charge in [0, 0.05) is 39.7 Å². The molecule has 47 heavy (non-hydrogen) atoms. The molecule has 2 heterocycles. The maximum absolute atomic E-state index is 6.45. The summed E-state index contributed by atoms with van der Waals surface area (Å²) in [6, 6.07) is 59.5. The van der Waals surface area contributed by atoms with Crippen molar-refractivity contribution >= 4 is 63.7 Å². The summed E-state index contributed by atoms with van der Waals surface area (Å²) < 4.78 is 6.45. The van der Waals surface area contributed by atoms with E-state index in [1.165, 1.54) is 5.46 Å². The van der Waals surface area contributed by atoms with Crippen molar-refractivity contribution in [2.45, 2.75) is 0 Å². The summed E-state index contributed by atoms with van der Waals surface area (Å²) >= 11 is 0. The Labute approximate surface area is 275 Å². The molecule has 0 bridgehead atoms. The van der Waals surface area contributed by atoms with Crippen LogP contribution in [0.4, 0.5) is 45.5 Å². The summed E-state index contributed by atoms with van der Waals surface area (Å²) in [6.07, 6.45) is 0. The van der Waals surface area contributed by atoms with Crippen LogP contribution in [0, 0.1) is 0 Å². The third-order valence-corrected chi connectivity index (χ3v) is 8.85. The molecule has 221 valence electrons. The standard InChI is InChI=1S/C42H29BN3O/c1-4-15-29(16-5-1)45(30-17-6-2-7-18-30)32-27-34(33-21-14-26-40-42(33)44-36-23-11-13-25-39(36)47-40)41-38(28-32)46(31-19-8-3-9-20-31)37-24-12-10-22-35(37)43-41/h1-28,44H. The van der Waals surface area contributed by atoms with Crippen LogP contribution in [-0.2, 0) is 0 Å². The summed E-state index contributed by atoms with van der Waals surface area (Å²) in [5.74, 6) is 1.63. The molecular weight excluding hydrogens is 573 g/mol. The molecule has 0 spiro atoms. The molecule has 0 unspecified atom stereocenters. The average molecular weight is 603 g/mol. The van der Waals surface area contributed by atoms with Gasteiger partial charge < -0.3 is 19.9 Å². The molecule has 0 aliphatic carbocycles. The van der Waals surface area contributed by atoms with Gasteiger partial charge in [-0.2, -0.15) is 0 Å². The minimum Gasteiger partial charge on any atom is -0.453 e. The number of hydrogen-bond acceptors (Lipinski definition) is 4. The molecule has 0 saturated heterocycles. The van der Waals surface area contributed by atoms with Gasteiger partial charge in [-0.25, -0.2) is 0 Å². The first kappa shape index (κ1) is 27.1. The number of para-hydroxylation sites is 7. The fraction of sp³-hybridized carbons (Fsp3) is 0. The van der Waals surface area contributed by atoms with Crippen LogP contribution in [0.5, 0.6) is 11.5 Å². The summed E-state index contributed by atoms with van der Waals surface area (Å²) in [4.78, 5) is 4.72. The Morgan fingerprint density at radius 1 is 0.511 bits per heavy atom. The molecule has 1 radical (unpaired) electrons. The highest BCUT2D eigenvalue weighted by molar-refractivity contribution is 6.73. The van der Waals surface area contributed by atoms with Crippen molar-refractivity contribution in [3.63, 3.8) is 0 Å². The average Bonchev–Trinajstić information content (AvgIpc) is 3.14. The molecule has 0 atom stereocenters. The minimum atomic E-state index is 0.805. The summed E-state index contributed by atoms with van der Waals surface area (Å²) in [7, 11) is 2.33. The van der Waals surface area contributed by atoms with E-state index < -0.39 is 0 Å². The number of nitrogens with zero attached hydrogens (tertiary/aromatic N) is 2. The first-order valence-corrected chi connectivity index (χ1v) is 15.9. The van der Waals surface area contributed by atoms with Gasteiger partial charge in [-0.05, 0) is 83.8 Å². The zero-order valence-electron chi connectivity index (χ0n) is 25.5. The Bertz CT molecular complexity index is 2200. The first-order valence-electron chi connectivity index (χ1n) is 15.9. The number of fused-ring (bicyclic) bond motifs is 4. The highest BCUT2D eigenvalue weighted by Gasteiger charge is 2.30. The Morgan fingerprint density at radius 3 is 1.91 bits per heavy atom. The second kappa shape index (κ2) is 11.3. The molecule has 4 nitrogen and oxygen atoms in total. The Kier molecular flexibility index (Phi) is 6.53. The minimum absolute atomic E-state index is 0.805. The van der Waals surface area contributed by atoms with Gasteiger partial charge in [0.15, 0.2) is 18.8 Å². The van der Waals surface area contributed by atoms with Gasteiger partial charge in [0.25, 0.3) is 0 Å². The van der Waals surface area contributed by atoms with Crippen molar-refractivity contribution < 1.29 is 4.74 Å². The van der Waals surface area contributed by atoms with Crippen LogP contribution in [0.3, 0.4) is 0 Å². The van der Waals surface area contributed by atoms with Crippen LogP contribution in [0.2, 0.25) is 0 Å². The van der Waals surface area contributed by atoms with E-state index in [4.69, 9.17) is 4.74 Å². The van der Waals surface area contributed by atoms with Crippen LogP contribution in [0.1, 0.15) is 0 Å². The molecule has 9 rings (SSSR count). The molecule has 0 saturated carbocycles. The van der Waals surface area contributed by atoms with E-state index in [0.717, 1.165) is 73.6 Å². The van der Waals surface area contributed by atoms with Crippen molar-refractivity contribution in [1.29, 1.82) is 0 Å². The quantitative estimate of drug-likeness (QED) is 0.199. The lowest BCUT2D eigenvalue weighted by Crippen LogP contribution is -2.41. The van der Waals surface area contributed by atoms with Crippen LogP contribution < -0.4 is 30.8 Å². The van der Waals surface area contributed by atoms with E-state index in [0.29, 0.717) is 0 Å². The number of anilines is 8. The van der Waals surface area contributed by atoms with E-state index in [2.05, 4.69) is 168 Å². The number of benzene rings is 7. The van der Waals surface area contributed by atoms with Crippen molar-refractivity contribution in [2.24, 2.45) is 0 Å². The van der Waals surface area contributed by atoms with Crippen LogP contribution >= 0.6 is 0 Å². The van der Waals surface area contributed by atoms with Crippen molar-refractivity contribution in [3.05, 3.63) is 170 Å². The highest BCUT2D eigenvalue weighted by atomic mass is 16.5. The summed E-state index contributed by atoms with van der Waals surface area (Å²) in [5.41, 5.74) is 13.0. The van der Waals surface area contributed by atoms with Crippen molar-refractivity contribution in [1.82, 2.24) is 0 Å². The van der Waals surface area contributed by atoms with Gasteiger partial charge >= 0.3 is 0 Å². The van der Waals surface area contributed by atoms with Gasteiger partial charge in [0.1, 0.15) is 0 Å². The van der Waals surface area contributed by atoms with Crippen LogP contribution in [0.15, 0.2) is 170 Å². The van der Waals surface area contributed by atoms with Crippen LogP contribution in [0.25, 0.3) is 11.1 Å². The first-order chi connectivity index (χ1) is 23.3. The molecule has 7 aromatic carbocycles. The molecule has 0 amide bonds. The van der Waals surface area contributed by atoms with Gasteiger partial charge in [0.2, 0.25) is 0 Å². The van der Waals surface area contributed by atoms with Crippen molar-refractivity contribution in [2.75, 3.05) is 15.1 Å². The second-order valence-corrected chi connectivity index (χ2v) is 11.7. The zero-order valence-corrected chi connectivity index (χ0v) is 25.5. The Hall–Kier alpha value is -6.20. The fourth-order valence-electron chi connectivity index (χ4n) is 6.75. The van der Waals surface area contributed by atoms with E-state index >= 15 is 0 Å². The normalized spacial score (nSPS) is 12.3. The summed E-state index contributed by atoms with van der Waals surface area (Å²) in [6.45, 7) is 0. The highest BCUT2D eigenvalue weighted by Crippen LogP contribution is 2.49. The lowest BCUT2D eigenvalue weighted by Gasteiger charge is -2.37. The number of rotatable bonds is 5. The second-order valence-electron chi connectivity index (χ2n) is 11.7. The molecule has 0 fully saturated rings. The molecule has 2 aliphatic rings. The maximum atomic E-state index is 6.45. The topological polar surface area (TPSA) is 27.7 Å². The van der Waals surface area contributed by atoms with E-state index in [9.17, 15) is 0 Å². The summed E-state index contributed by atoms with van der Waals surface area (Å²) in [5, 5.41) is 3.72. The number of nitrogens with one attached hydrogen (secondary N) is 1. The maximum Gasteiger partial charge on any atom is 0.197 e. The predicted octanol–water partition coefficient (Wildman–Crippen LogP) is 10.1. The Balaban J connectivity index is 1.34. The lowest BCUT2D eigenvalue weighted by molar-refractivity contribution is 0.481. The van der Waals surface area contributed by atoms with Crippen LogP contribution in [-0.4, -0.2) is 7.28 Å². The van der Waals surface area contributed by atoms with Gasteiger partial charge in [-0.15, -0.1) is 0 Å². The number of ether oxygens (including phenoxy) is 1. The smallest absolute Gasteiger partial charge is 0.197 e. The van der Waals surface area contributed by atoms with Gasteiger partial charge in [-0.3, -0.25) is 0 Å². The molecule has 7 aromatic rings. The van der Waals surface area contributed by atoms with Crippen molar-refractivity contribution in [3.8, 4) is 22.6 Å². The Morgan fingerprint density at radius 2 is 1.15 bits per heavy atom. The molecule has 2 aliphatic heterocycles.